The van der Waals surface area contributed by atoms with Crippen LogP contribution in [-0.4, -0.2) is 26.1 Å². The quantitative estimate of drug-likeness (QED) is 0.757. The Morgan fingerprint density at radius 1 is 1.42 bits per heavy atom. The topological polar surface area (TPSA) is 50.4 Å². The van der Waals surface area contributed by atoms with Gasteiger partial charge >= 0.3 is 0 Å². The van der Waals surface area contributed by atoms with Gasteiger partial charge in [-0.1, -0.05) is 19.1 Å². The molecule has 106 valence electrons. The van der Waals surface area contributed by atoms with Crippen LogP contribution in [0, 0.1) is 0 Å². The van der Waals surface area contributed by atoms with Crippen LogP contribution in [0.15, 0.2) is 24.3 Å². The molecule has 1 unspecified atom stereocenters. The molecule has 4 nitrogen and oxygen atoms in total. The summed E-state index contributed by atoms with van der Waals surface area (Å²) in [6, 6.07) is 8.31. The zero-order valence-electron chi connectivity index (χ0n) is 12.0. The van der Waals surface area contributed by atoms with Crippen LogP contribution in [0.25, 0.3) is 0 Å². The van der Waals surface area contributed by atoms with Crippen LogP contribution >= 0.6 is 0 Å². The molecule has 0 aliphatic rings. The van der Waals surface area contributed by atoms with Gasteiger partial charge < -0.3 is 15.4 Å². The van der Waals surface area contributed by atoms with Crippen molar-refractivity contribution in [1.82, 2.24) is 10.6 Å². The van der Waals surface area contributed by atoms with Crippen molar-refractivity contribution in [2.45, 2.75) is 32.7 Å². The van der Waals surface area contributed by atoms with Gasteiger partial charge in [-0.3, -0.25) is 4.79 Å². The number of carbonyl (C=O) groups excluding carboxylic acids is 1. The Bertz CT molecular complexity index is 393. The van der Waals surface area contributed by atoms with Crippen molar-refractivity contribution < 1.29 is 9.53 Å². The lowest BCUT2D eigenvalue weighted by Gasteiger charge is -2.15. The highest BCUT2D eigenvalue weighted by Crippen LogP contribution is 2.19. The maximum absolute atomic E-state index is 11.1. The first kappa shape index (κ1) is 15.5. The fourth-order valence-corrected chi connectivity index (χ4v) is 1.74. The van der Waals surface area contributed by atoms with Crippen molar-refractivity contribution in [2.75, 3.05) is 20.2 Å². The molecule has 1 atom stereocenters. The van der Waals surface area contributed by atoms with Gasteiger partial charge in [-0.05, 0) is 37.6 Å². The van der Waals surface area contributed by atoms with E-state index in [1.807, 2.05) is 18.2 Å². The minimum absolute atomic E-state index is 0.00543. The first-order chi connectivity index (χ1) is 9.17. The largest absolute Gasteiger partial charge is 0.493 e. The minimum Gasteiger partial charge on any atom is -0.493 e. The van der Waals surface area contributed by atoms with Gasteiger partial charge in [0.15, 0.2) is 0 Å². The molecule has 0 aliphatic heterocycles. The number of nitrogens with one attached hydrogen (secondary N) is 2. The summed E-state index contributed by atoms with van der Waals surface area (Å²) in [5.41, 5.74) is 1.20. The van der Waals surface area contributed by atoms with E-state index in [0.29, 0.717) is 19.1 Å². The van der Waals surface area contributed by atoms with Gasteiger partial charge in [-0.25, -0.2) is 0 Å². The van der Waals surface area contributed by atoms with E-state index in [1.54, 1.807) is 7.05 Å². The van der Waals surface area contributed by atoms with Crippen molar-refractivity contribution in [1.29, 1.82) is 0 Å². The Balaban J connectivity index is 2.49. The normalized spacial score (nSPS) is 11.9. The molecule has 0 aromatic heterocycles. The second kappa shape index (κ2) is 8.53. The maximum Gasteiger partial charge on any atom is 0.223 e. The summed E-state index contributed by atoms with van der Waals surface area (Å²) in [7, 11) is 1.63. The van der Waals surface area contributed by atoms with E-state index in [4.69, 9.17) is 4.74 Å². The Hall–Kier alpha value is -1.55. The summed E-state index contributed by atoms with van der Waals surface area (Å²) < 4.78 is 5.59. The standard InChI is InChI=1S/C15H24N2O2/c1-4-9-17-12(2)13-6-5-7-14(11-13)19-10-8-15(18)16-3/h5-7,11-12,17H,4,8-10H2,1-3H3,(H,16,18). The smallest absolute Gasteiger partial charge is 0.223 e. The molecule has 1 amide bonds. The van der Waals surface area contributed by atoms with E-state index >= 15 is 0 Å². The molecule has 0 fully saturated rings. The van der Waals surface area contributed by atoms with Gasteiger partial charge in [0, 0.05) is 13.1 Å². The van der Waals surface area contributed by atoms with Gasteiger partial charge in [0.2, 0.25) is 5.91 Å². The highest BCUT2D eigenvalue weighted by atomic mass is 16.5. The molecular formula is C15H24N2O2. The van der Waals surface area contributed by atoms with Gasteiger partial charge in [-0.15, -0.1) is 0 Å². The van der Waals surface area contributed by atoms with Gasteiger partial charge in [0.05, 0.1) is 13.0 Å². The summed E-state index contributed by atoms with van der Waals surface area (Å²) in [5.74, 6) is 0.806. The molecule has 0 spiro atoms. The zero-order valence-corrected chi connectivity index (χ0v) is 12.0. The summed E-state index contributed by atoms with van der Waals surface area (Å²) in [6.07, 6.45) is 1.50. The van der Waals surface area contributed by atoms with Crippen molar-refractivity contribution in [3.8, 4) is 5.75 Å². The SMILES string of the molecule is CCCNC(C)c1cccc(OCCC(=O)NC)c1. The minimum atomic E-state index is -0.00543. The molecule has 0 saturated carbocycles. The molecule has 0 heterocycles. The fourth-order valence-electron chi connectivity index (χ4n) is 1.74. The lowest BCUT2D eigenvalue weighted by Crippen LogP contribution is -2.20. The van der Waals surface area contributed by atoms with Crippen molar-refractivity contribution in [2.24, 2.45) is 0 Å². The van der Waals surface area contributed by atoms with Crippen molar-refractivity contribution in [3.63, 3.8) is 0 Å². The first-order valence-electron chi connectivity index (χ1n) is 6.84. The second-order valence-electron chi connectivity index (χ2n) is 4.52. The Labute approximate surface area is 115 Å². The third-order valence-electron chi connectivity index (χ3n) is 2.94. The maximum atomic E-state index is 11.1. The van der Waals surface area contributed by atoms with Gasteiger partial charge in [-0.2, -0.15) is 0 Å². The van der Waals surface area contributed by atoms with Gasteiger partial charge in [0.25, 0.3) is 0 Å². The fraction of sp³-hybridized carbons (Fsp3) is 0.533. The summed E-state index contributed by atoms with van der Waals surface area (Å²) in [5, 5.41) is 6.01. The van der Waals surface area contributed by atoms with Crippen LogP contribution in [0.4, 0.5) is 0 Å². The summed E-state index contributed by atoms with van der Waals surface area (Å²) >= 11 is 0. The number of rotatable bonds is 8. The molecule has 19 heavy (non-hydrogen) atoms. The first-order valence-corrected chi connectivity index (χ1v) is 6.84. The number of ether oxygens (including phenoxy) is 1. The average Bonchev–Trinajstić information content (AvgIpc) is 2.44. The Morgan fingerprint density at radius 2 is 2.21 bits per heavy atom. The molecule has 1 aromatic rings. The molecule has 0 radical (unpaired) electrons. The highest BCUT2D eigenvalue weighted by Gasteiger charge is 2.05. The average molecular weight is 264 g/mol. The molecule has 4 heteroatoms. The summed E-state index contributed by atoms with van der Waals surface area (Å²) in [6.45, 7) is 5.69. The molecule has 0 aliphatic carbocycles. The molecule has 1 aromatic carbocycles. The van der Waals surface area contributed by atoms with E-state index in [9.17, 15) is 4.79 Å². The van der Waals surface area contributed by atoms with Crippen LogP contribution in [0.2, 0.25) is 0 Å². The van der Waals surface area contributed by atoms with E-state index in [2.05, 4.69) is 30.5 Å². The molecular weight excluding hydrogens is 240 g/mol. The van der Waals surface area contributed by atoms with E-state index < -0.39 is 0 Å². The molecule has 1 rings (SSSR count). The molecule has 0 bridgehead atoms. The van der Waals surface area contributed by atoms with E-state index in [0.717, 1.165) is 18.7 Å². The van der Waals surface area contributed by atoms with Crippen LogP contribution in [0.3, 0.4) is 0 Å². The Morgan fingerprint density at radius 3 is 2.89 bits per heavy atom. The van der Waals surface area contributed by atoms with Crippen LogP contribution in [0.5, 0.6) is 5.75 Å². The predicted molar refractivity (Wildman–Crippen MR) is 77.3 cm³/mol. The van der Waals surface area contributed by atoms with Crippen LogP contribution in [0.1, 0.15) is 38.3 Å². The third-order valence-corrected chi connectivity index (χ3v) is 2.94. The zero-order chi connectivity index (χ0) is 14.1. The predicted octanol–water partition coefficient (Wildman–Crippen LogP) is 2.26. The van der Waals surface area contributed by atoms with E-state index in [-0.39, 0.29) is 5.91 Å². The monoisotopic (exact) mass is 264 g/mol. The number of hydrogen-bond acceptors (Lipinski definition) is 3. The number of amides is 1. The molecule has 2 N–H and O–H groups in total. The lowest BCUT2D eigenvalue weighted by molar-refractivity contribution is -0.121. The number of carbonyl (C=O) groups is 1. The molecule has 0 saturated heterocycles. The van der Waals surface area contributed by atoms with Crippen LogP contribution in [-0.2, 0) is 4.79 Å². The highest BCUT2D eigenvalue weighted by molar-refractivity contribution is 5.75. The van der Waals surface area contributed by atoms with E-state index in [1.165, 1.54) is 5.56 Å². The third kappa shape index (κ3) is 5.75. The summed E-state index contributed by atoms with van der Waals surface area (Å²) in [4.78, 5) is 11.1. The van der Waals surface area contributed by atoms with Crippen LogP contribution < -0.4 is 15.4 Å². The second-order valence-corrected chi connectivity index (χ2v) is 4.52. The van der Waals surface area contributed by atoms with Crippen molar-refractivity contribution >= 4 is 5.91 Å². The Kier molecular flexibility index (Phi) is 6.97. The number of benzene rings is 1. The number of hydrogen-bond donors (Lipinski definition) is 2. The lowest BCUT2D eigenvalue weighted by atomic mass is 10.1. The van der Waals surface area contributed by atoms with Crippen molar-refractivity contribution in [3.05, 3.63) is 29.8 Å². The van der Waals surface area contributed by atoms with Gasteiger partial charge in [0.1, 0.15) is 5.75 Å².